The monoisotopic (exact) mass is 195 g/mol. The Morgan fingerprint density at radius 3 is 2.64 bits per heavy atom. The maximum atomic E-state index is 10.9. The lowest BCUT2D eigenvalue weighted by Crippen LogP contribution is -2.41. The minimum Gasteiger partial charge on any atom is -0.453 e. The molecule has 0 aromatic heterocycles. The predicted molar refractivity (Wildman–Crippen MR) is 53.6 cm³/mol. The van der Waals surface area contributed by atoms with Crippen LogP contribution in [0.25, 0.3) is 0 Å². The van der Waals surface area contributed by atoms with E-state index >= 15 is 0 Å². The molecule has 3 nitrogen and oxygen atoms in total. The summed E-state index contributed by atoms with van der Waals surface area (Å²) < 4.78 is 5.10. The van der Waals surface area contributed by atoms with Crippen LogP contribution in [0.4, 0.5) is 0 Å². The summed E-state index contributed by atoms with van der Waals surface area (Å²) in [4.78, 5) is 10.9. The smallest absolute Gasteiger partial charge is 0.331 e. The number of carbonyl (C=O) groups is 1. The Labute approximate surface area is 84.3 Å². The molecule has 1 fully saturated rings. The largest absolute Gasteiger partial charge is 0.453 e. The van der Waals surface area contributed by atoms with Crippen LogP contribution in [0.2, 0.25) is 0 Å². The van der Waals surface area contributed by atoms with E-state index in [0.29, 0.717) is 5.92 Å². The summed E-state index contributed by atoms with van der Waals surface area (Å²) in [6.45, 7) is 0. The van der Waals surface area contributed by atoms with Crippen LogP contribution in [0.1, 0.15) is 32.1 Å². The zero-order valence-electron chi connectivity index (χ0n) is 8.32. The van der Waals surface area contributed by atoms with E-state index < -0.39 is 0 Å². The molecule has 2 aliphatic rings. The number of carbonyl (C=O) groups excluding carboxylic acids is 1. The molecule has 0 saturated heterocycles. The number of cyclic esters (lactones) is 1. The molecule has 1 saturated carbocycles. The van der Waals surface area contributed by atoms with Crippen molar-refractivity contribution in [2.75, 3.05) is 0 Å². The molecule has 14 heavy (non-hydrogen) atoms. The van der Waals surface area contributed by atoms with E-state index in [9.17, 15) is 4.79 Å². The number of hydrogen-bond acceptors (Lipinski definition) is 3. The van der Waals surface area contributed by atoms with Crippen LogP contribution < -0.4 is 5.73 Å². The second kappa shape index (κ2) is 4.13. The van der Waals surface area contributed by atoms with Gasteiger partial charge in [0, 0.05) is 12.1 Å². The van der Waals surface area contributed by atoms with Gasteiger partial charge in [0.15, 0.2) is 0 Å². The summed E-state index contributed by atoms with van der Waals surface area (Å²) in [5, 5.41) is 0. The molecule has 0 amide bonds. The van der Waals surface area contributed by atoms with Gasteiger partial charge in [-0.05, 0) is 24.8 Å². The van der Waals surface area contributed by atoms with Crippen molar-refractivity contribution in [2.45, 2.75) is 44.2 Å². The minimum atomic E-state index is -0.249. The third kappa shape index (κ3) is 1.98. The Bertz CT molecular complexity index is 244. The molecule has 2 N–H and O–H groups in total. The number of rotatable bonds is 2. The molecule has 0 aromatic rings. The van der Waals surface area contributed by atoms with Gasteiger partial charge >= 0.3 is 5.97 Å². The second-order valence-electron chi connectivity index (χ2n) is 4.24. The average molecular weight is 195 g/mol. The van der Waals surface area contributed by atoms with Crippen LogP contribution in [0.3, 0.4) is 0 Å². The van der Waals surface area contributed by atoms with Gasteiger partial charge in [0.1, 0.15) is 6.10 Å². The number of esters is 1. The van der Waals surface area contributed by atoms with Crippen molar-refractivity contribution in [3.05, 3.63) is 12.2 Å². The van der Waals surface area contributed by atoms with Crippen LogP contribution in [-0.4, -0.2) is 18.1 Å². The van der Waals surface area contributed by atoms with Crippen molar-refractivity contribution in [2.24, 2.45) is 11.7 Å². The second-order valence-corrected chi connectivity index (χ2v) is 4.24. The van der Waals surface area contributed by atoms with Crippen LogP contribution in [0, 0.1) is 5.92 Å². The number of ether oxygens (including phenoxy) is 1. The molecule has 78 valence electrons. The van der Waals surface area contributed by atoms with Gasteiger partial charge in [-0.3, -0.25) is 0 Å². The summed E-state index contributed by atoms with van der Waals surface area (Å²) >= 11 is 0. The standard InChI is InChI=1S/C11H17NO2/c12-11(8-4-2-1-3-5-8)9-6-7-10(13)14-9/h6-9,11H,1-5,12H2. The Kier molecular flexibility index (Phi) is 2.87. The fourth-order valence-corrected chi connectivity index (χ4v) is 2.38. The van der Waals surface area contributed by atoms with Gasteiger partial charge in [0.25, 0.3) is 0 Å². The van der Waals surface area contributed by atoms with Gasteiger partial charge in [-0.25, -0.2) is 4.79 Å². The third-order valence-electron chi connectivity index (χ3n) is 3.25. The van der Waals surface area contributed by atoms with Gasteiger partial charge in [-0.1, -0.05) is 19.3 Å². The van der Waals surface area contributed by atoms with Crippen molar-refractivity contribution in [3.8, 4) is 0 Å². The first-order valence-corrected chi connectivity index (χ1v) is 5.42. The highest BCUT2D eigenvalue weighted by atomic mass is 16.5. The maximum Gasteiger partial charge on any atom is 0.331 e. The molecule has 0 aromatic carbocycles. The van der Waals surface area contributed by atoms with Crippen molar-refractivity contribution < 1.29 is 9.53 Å². The van der Waals surface area contributed by atoms with Gasteiger partial charge < -0.3 is 10.5 Å². The van der Waals surface area contributed by atoms with E-state index in [1.54, 1.807) is 6.08 Å². The lowest BCUT2D eigenvalue weighted by Gasteiger charge is -2.29. The molecule has 1 heterocycles. The van der Waals surface area contributed by atoms with Crippen molar-refractivity contribution in [3.63, 3.8) is 0 Å². The van der Waals surface area contributed by atoms with E-state index in [0.717, 1.165) is 0 Å². The molecule has 2 atom stereocenters. The zero-order chi connectivity index (χ0) is 9.97. The lowest BCUT2D eigenvalue weighted by atomic mass is 9.82. The summed E-state index contributed by atoms with van der Waals surface area (Å²) in [5.74, 6) is 0.283. The Balaban J connectivity index is 1.90. The van der Waals surface area contributed by atoms with Gasteiger partial charge in [0.2, 0.25) is 0 Å². The van der Waals surface area contributed by atoms with E-state index in [1.165, 1.54) is 38.2 Å². The fourth-order valence-electron chi connectivity index (χ4n) is 2.38. The normalized spacial score (nSPS) is 30.4. The molecular formula is C11H17NO2. The lowest BCUT2D eigenvalue weighted by molar-refractivity contribution is -0.139. The SMILES string of the molecule is NC(C1CCCCC1)C1C=CC(=O)O1. The van der Waals surface area contributed by atoms with Gasteiger partial charge in [0.05, 0.1) is 0 Å². The van der Waals surface area contributed by atoms with Crippen LogP contribution in [0.15, 0.2) is 12.2 Å². The van der Waals surface area contributed by atoms with E-state index in [-0.39, 0.29) is 18.1 Å². The first kappa shape index (κ1) is 9.71. The first-order valence-electron chi connectivity index (χ1n) is 5.42. The molecule has 0 radical (unpaired) electrons. The Hall–Kier alpha value is -0.830. The highest BCUT2D eigenvalue weighted by molar-refractivity contribution is 5.84. The fraction of sp³-hybridized carbons (Fsp3) is 0.727. The highest BCUT2D eigenvalue weighted by Crippen LogP contribution is 2.28. The summed E-state index contributed by atoms with van der Waals surface area (Å²) in [6.07, 6.45) is 9.32. The van der Waals surface area contributed by atoms with E-state index in [1.807, 2.05) is 0 Å². The summed E-state index contributed by atoms with van der Waals surface area (Å²) in [6, 6.07) is -0.00185. The van der Waals surface area contributed by atoms with Crippen LogP contribution in [-0.2, 0) is 9.53 Å². The molecule has 2 unspecified atom stereocenters. The van der Waals surface area contributed by atoms with Gasteiger partial charge in [-0.15, -0.1) is 0 Å². The third-order valence-corrected chi connectivity index (χ3v) is 3.25. The molecule has 1 aliphatic heterocycles. The number of nitrogens with two attached hydrogens (primary N) is 1. The average Bonchev–Trinajstić information content (AvgIpc) is 2.65. The molecule has 1 aliphatic carbocycles. The Morgan fingerprint density at radius 1 is 1.36 bits per heavy atom. The van der Waals surface area contributed by atoms with Crippen molar-refractivity contribution >= 4 is 5.97 Å². The highest BCUT2D eigenvalue weighted by Gasteiger charge is 2.30. The molecule has 2 rings (SSSR count). The topological polar surface area (TPSA) is 52.3 Å². The Morgan fingerprint density at radius 2 is 2.07 bits per heavy atom. The summed E-state index contributed by atoms with van der Waals surface area (Å²) in [5.41, 5.74) is 6.09. The van der Waals surface area contributed by atoms with Gasteiger partial charge in [-0.2, -0.15) is 0 Å². The minimum absolute atomic E-state index is 0.00185. The molecule has 0 bridgehead atoms. The first-order chi connectivity index (χ1) is 6.77. The molecular weight excluding hydrogens is 178 g/mol. The zero-order valence-corrected chi connectivity index (χ0v) is 8.32. The van der Waals surface area contributed by atoms with E-state index in [2.05, 4.69) is 0 Å². The van der Waals surface area contributed by atoms with E-state index in [4.69, 9.17) is 10.5 Å². The quantitative estimate of drug-likeness (QED) is 0.677. The van der Waals surface area contributed by atoms with Crippen molar-refractivity contribution in [1.82, 2.24) is 0 Å². The molecule has 3 heteroatoms. The van der Waals surface area contributed by atoms with Crippen molar-refractivity contribution in [1.29, 1.82) is 0 Å². The van der Waals surface area contributed by atoms with Crippen LogP contribution >= 0.6 is 0 Å². The predicted octanol–water partition coefficient (Wildman–Crippen LogP) is 1.38. The maximum absolute atomic E-state index is 10.9. The van der Waals surface area contributed by atoms with Crippen LogP contribution in [0.5, 0.6) is 0 Å². The summed E-state index contributed by atoms with van der Waals surface area (Å²) in [7, 11) is 0. The number of hydrogen-bond donors (Lipinski definition) is 1. The molecule has 0 spiro atoms.